The van der Waals surface area contributed by atoms with Crippen LogP contribution in [0.2, 0.25) is 0 Å². The highest BCUT2D eigenvalue weighted by Gasteiger charge is 2.41. The minimum Gasteiger partial charge on any atom is -0.192 e. The average molecular weight is 304 g/mol. The third-order valence-corrected chi connectivity index (χ3v) is 5.29. The highest BCUT2D eigenvalue weighted by Crippen LogP contribution is 2.55. The van der Waals surface area contributed by atoms with E-state index < -0.39 is 0 Å². The van der Waals surface area contributed by atoms with Crippen molar-refractivity contribution in [2.75, 3.05) is 0 Å². The number of rotatable bonds is 0. The molecule has 0 fully saturated rings. The topological polar surface area (TPSA) is 47.6 Å². The summed E-state index contributed by atoms with van der Waals surface area (Å²) < 4.78 is 0. The molecule has 0 saturated carbocycles. The molecule has 2 atom stereocenters. The van der Waals surface area contributed by atoms with E-state index in [0.717, 1.165) is 0 Å². The zero-order valence-corrected chi connectivity index (χ0v) is 12.8. The van der Waals surface area contributed by atoms with Crippen molar-refractivity contribution in [3.63, 3.8) is 0 Å². The quantitative estimate of drug-likeness (QED) is 0.425. The Morgan fingerprint density at radius 2 is 0.958 bits per heavy atom. The number of nitrogens with zero attached hydrogens (tertiary/aromatic N) is 2. The SMILES string of the molecule is N#Cc1ccc2c(c1)[C@@H]1c3ccccc3[C@H]2c2cc(C#N)ccc21. The molecule has 24 heavy (non-hydrogen) atoms. The van der Waals surface area contributed by atoms with Crippen molar-refractivity contribution in [1.82, 2.24) is 0 Å². The maximum Gasteiger partial charge on any atom is 0.0991 e. The first-order valence-corrected chi connectivity index (χ1v) is 7.98. The van der Waals surface area contributed by atoms with E-state index in [0.29, 0.717) is 11.1 Å². The molecule has 110 valence electrons. The van der Waals surface area contributed by atoms with Crippen molar-refractivity contribution in [3.05, 3.63) is 105 Å². The second-order valence-electron chi connectivity index (χ2n) is 6.41. The van der Waals surface area contributed by atoms with Crippen LogP contribution in [0.4, 0.5) is 0 Å². The Morgan fingerprint density at radius 1 is 0.542 bits per heavy atom. The summed E-state index contributed by atoms with van der Waals surface area (Å²) in [5.74, 6) is 0.300. The van der Waals surface area contributed by atoms with Crippen LogP contribution in [0.15, 0.2) is 60.7 Å². The molecule has 0 heterocycles. The Kier molecular flexibility index (Phi) is 2.50. The average Bonchev–Trinajstić information content (AvgIpc) is 2.66. The summed E-state index contributed by atoms with van der Waals surface area (Å²) in [4.78, 5) is 0. The molecule has 3 aromatic carbocycles. The first-order chi connectivity index (χ1) is 11.8. The van der Waals surface area contributed by atoms with Crippen molar-refractivity contribution in [2.24, 2.45) is 0 Å². The van der Waals surface area contributed by atoms with Crippen molar-refractivity contribution in [3.8, 4) is 12.1 Å². The summed E-state index contributed by atoms with van der Waals surface area (Å²) in [6.07, 6.45) is 0. The molecule has 0 aromatic heterocycles. The lowest BCUT2D eigenvalue weighted by molar-refractivity contribution is 0.753. The number of hydrogen-bond acceptors (Lipinski definition) is 2. The number of hydrogen-bond donors (Lipinski definition) is 0. The zero-order chi connectivity index (χ0) is 16.3. The van der Waals surface area contributed by atoms with Crippen LogP contribution in [0, 0.1) is 22.7 Å². The summed E-state index contributed by atoms with van der Waals surface area (Å²) >= 11 is 0. The van der Waals surface area contributed by atoms with E-state index in [1.165, 1.54) is 33.4 Å². The lowest BCUT2D eigenvalue weighted by Gasteiger charge is -2.42. The predicted octanol–water partition coefficient (Wildman–Crippen LogP) is 4.42. The molecule has 6 rings (SSSR count). The Hall–Kier alpha value is -3.36. The van der Waals surface area contributed by atoms with Gasteiger partial charge in [-0.15, -0.1) is 0 Å². The predicted molar refractivity (Wildman–Crippen MR) is 90.6 cm³/mol. The van der Waals surface area contributed by atoms with Gasteiger partial charge in [0.05, 0.1) is 23.3 Å². The van der Waals surface area contributed by atoms with Crippen LogP contribution in [-0.4, -0.2) is 0 Å². The zero-order valence-electron chi connectivity index (χ0n) is 12.8. The van der Waals surface area contributed by atoms with Crippen molar-refractivity contribution >= 4 is 0 Å². The molecular formula is C22H12N2. The van der Waals surface area contributed by atoms with Crippen molar-refractivity contribution in [1.29, 1.82) is 10.5 Å². The van der Waals surface area contributed by atoms with E-state index in [-0.39, 0.29) is 11.8 Å². The molecular weight excluding hydrogens is 292 g/mol. The monoisotopic (exact) mass is 304 g/mol. The first kappa shape index (κ1) is 13.1. The highest BCUT2D eigenvalue weighted by atomic mass is 14.4. The Labute approximate surface area is 140 Å². The molecule has 0 amide bonds. The Bertz CT molecular complexity index is 1010. The van der Waals surface area contributed by atoms with E-state index >= 15 is 0 Å². The molecule has 3 aromatic rings. The lowest BCUT2D eigenvalue weighted by Crippen LogP contribution is -2.27. The van der Waals surface area contributed by atoms with Gasteiger partial charge < -0.3 is 0 Å². The largest absolute Gasteiger partial charge is 0.192 e. The van der Waals surface area contributed by atoms with Crippen LogP contribution in [-0.2, 0) is 0 Å². The first-order valence-electron chi connectivity index (χ1n) is 7.98. The smallest absolute Gasteiger partial charge is 0.0991 e. The van der Waals surface area contributed by atoms with Gasteiger partial charge in [0.2, 0.25) is 0 Å². The Morgan fingerprint density at radius 3 is 1.38 bits per heavy atom. The fourth-order valence-corrected chi connectivity index (χ4v) is 4.36. The van der Waals surface area contributed by atoms with Crippen LogP contribution in [0.5, 0.6) is 0 Å². The maximum absolute atomic E-state index is 9.28. The fraction of sp³-hybridized carbons (Fsp3) is 0.0909. The molecule has 0 radical (unpaired) electrons. The summed E-state index contributed by atoms with van der Waals surface area (Å²) in [7, 11) is 0. The fourth-order valence-electron chi connectivity index (χ4n) is 4.36. The standard InChI is InChI=1S/C22H12N2/c23-11-13-6-8-18-19(9-13)21-15-3-1-2-4-16(15)22(18)20-10-14(12-24)5-7-17(20)21/h1-10,21-22H/t21-,22-/m1/s1. The van der Waals surface area contributed by atoms with Gasteiger partial charge in [-0.2, -0.15) is 10.5 Å². The van der Waals surface area contributed by atoms with Gasteiger partial charge in [0.15, 0.2) is 0 Å². The molecule has 0 saturated heterocycles. The van der Waals surface area contributed by atoms with Gasteiger partial charge in [-0.1, -0.05) is 36.4 Å². The van der Waals surface area contributed by atoms with Crippen LogP contribution in [0.25, 0.3) is 0 Å². The summed E-state index contributed by atoms with van der Waals surface area (Å²) in [5, 5.41) is 18.6. The highest BCUT2D eigenvalue weighted by molar-refractivity contribution is 5.69. The van der Waals surface area contributed by atoms with Crippen molar-refractivity contribution in [2.45, 2.75) is 11.8 Å². The normalized spacial score (nSPS) is 18.8. The third kappa shape index (κ3) is 1.53. The van der Waals surface area contributed by atoms with Gasteiger partial charge in [0.1, 0.15) is 0 Å². The molecule has 0 spiro atoms. The van der Waals surface area contributed by atoms with Crippen LogP contribution >= 0.6 is 0 Å². The van der Waals surface area contributed by atoms with Crippen LogP contribution in [0.3, 0.4) is 0 Å². The molecule has 3 aliphatic carbocycles. The van der Waals surface area contributed by atoms with E-state index in [1.54, 1.807) is 0 Å². The van der Waals surface area contributed by atoms with E-state index in [1.807, 2.05) is 24.3 Å². The van der Waals surface area contributed by atoms with Gasteiger partial charge in [0.25, 0.3) is 0 Å². The van der Waals surface area contributed by atoms with Gasteiger partial charge >= 0.3 is 0 Å². The molecule has 0 unspecified atom stereocenters. The summed E-state index contributed by atoms with van der Waals surface area (Å²) in [5.41, 5.74) is 9.04. The summed E-state index contributed by atoms with van der Waals surface area (Å²) in [6.45, 7) is 0. The van der Waals surface area contributed by atoms with Crippen molar-refractivity contribution < 1.29 is 0 Å². The number of benzene rings is 3. The molecule has 0 N–H and O–H groups in total. The molecule has 3 aliphatic rings. The number of nitriles is 2. The lowest BCUT2D eigenvalue weighted by atomic mass is 9.61. The molecule has 2 bridgehead atoms. The minimum absolute atomic E-state index is 0.150. The Balaban J connectivity index is 1.87. The van der Waals surface area contributed by atoms with E-state index in [2.05, 4.69) is 48.5 Å². The van der Waals surface area contributed by atoms with Gasteiger partial charge in [-0.3, -0.25) is 0 Å². The van der Waals surface area contributed by atoms with Gasteiger partial charge in [-0.25, -0.2) is 0 Å². The van der Waals surface area contributed by atoms with Crippen LogP contribution < -0.4 is 0 Å². The molecule has 2 nitrogen and oxygen atoms in total. The second kappa shape index (κ2) is 4.57. The van der Waals surface area contributed by atoms with E-state index in [9.17, 15) is 10.5 Å². The maximum atomic E-state index is 9.28. The van der Waals surface area contributed by atoms with Gasteiger partial charge in [-0.05, 0) is 57.6 Å². The minimum atomic E-state index is 0.150. The van der Waals surface area contributed by atoms with E-state index in [4.69, 9.17) is 0 Å². The van der Waals surface area contributed by atoms with Crippen LogP contribution in [0.1, 0.15) is 56.3 Å². The molecule has 0 aliphatic heterocycles. The molecule has 2 heteroatoms. The third-order valence-electron chi connectivity index (χ3n) is 5.29. The summed E-state index contributed by atoms with van der Waals surface area (Å²) in [6, 6.07) is 25.1. The second-order valence-corrected chi connectivity index (χ2v) is 6.41. The van der Waals surface area contributed by atoms with Gasteiger partial charge in [0, 0.05) is 11.8 Å².